The lowest BCUT2D eigenvalue weighted by Gasteiger charge is -2.45. The van der Waals surface area contributed by atoms with Gasteiger partial charge in [0, 0.05) is 6.42 Å². The lowest BCUT2D eigenvalue weighted by Crippen LogP contribution is -2.67. The number of aliphatic hydroxyl groups is 1. The van der Waals surface area contributed by atoms with Crippen LogP contribution < -0.4 is 0 Å². The van der Waals surface area contributed by atoms with Crippen LogP contribution in [-0.2, 0) is 33.4 Å². The van der Waals surface area contributed by atoms with Gasteiger partial charge in [-0.2, -0.15) is 0 Å². The fourth-order valence-electron chi connectivity index (χ4n) is 2.14. The van der Waals surface area contributed by atoms with Crippen LogP contribution in [0.25, 0.3) is 0 Å². The highest BCUT2D eigenvalue weighted by atomic mass is 32.2. The van der Waals surface area contributed by atoms with Gasteiger partial charge in [0.05, 0.1) is 20.3 Å². The molecule has 0 radical (unpaired) electrons. The molecule has 0 aliphatic carbocycles. The summed E-state index contributed by atoms with van der Waals surface area (Å²) in [4.78, 5) is 47.6. The van der Waals surface area contributed by atoms with E-state index in [2.05, 4.69) is 11.3 Å². The van der Waals surface area contributed by atoms with E-state index in [1.54, 1.807) is 6.92 Å². The number of likely N-dealkylation sites (tertiary alicyclic amines) is 1. The molecule has 10 heteroatoms. The fourth-order valence-corrected chi connectivity index (χ4v) is 3.07. The van der Waals surface area contributed by atoms with Gasteiger partial charge in [0.1, 0.15) is 5.37 Å². The van der Waals surface area contributed by atoms with Crippen molar-refractivity contribution in [2.24, 2.45) is 5.92 Å². The minimum absolute atomic E-state index is 0.0491. The first-order valence-electron chi connectivity index (χ1n) is 7.55. The van der Waals surface area contributed by atoms with Crippen LogP contribution in [0.2, 0.25) is 0 Å². The van der Waals surface area contributed by atoms with Crippen molar-refractivity contribution in [1.29, 1.82) is 0 Å². The number of esters is 3. The van der Waals surface area contributed by atoms with Crippen molar-refractivity contribution in [3.8, 4) is 0 Å². The summed E-state index contributed by atoms with van der Waals surface area (Å²) in [6, 6.07) is 0. The number of carbonyl (C=O) groups is 4. The second-order valence-corrected chi connectivity index (χ2v) is 5.98. The Hall–Kier alpha value is -2.07. The number of aliphatic hydroxyl groups excluding tert-OH is 1. The molecule has 140 valence electrons. The zero-order valence-electron chi connectivity index (χ0n) is 14.0. The molecular weight excluding hydrogens is 354 g/mol. The second-order valence-electron chi connectivity index (χ2n) is 4.89. The molecule has 1 fully saturated rings. The predicted molar refractivity (Wildman–Crippen MR) is 86.8 cm³/mol. The molecule has 1 aliphatic rings. The van der Waals surface area contributed by atoms with Crippen LogP contribution in [0, 0.1) is 5.92 Å². The molecule has 0 bridgehead atoms. The Kier molecular flexibility index (Phi) is 8.42. The maximum absolute atomic E-state index is 12.1. The van der Waals surface area contributed by atoms with Gasteiger partial charge in [-0.3, -0.25) is 19.3 Å². The topological polar surface area (TPSA) is 119 Å². The smallest absolute Gasteiger partial charge is 0.356 e. The molecule has 9 nitrogen and oxygen atoms in total. The van der Waals surface area contributed by atoms with Crippen LogP contribution >= 0.6 is 11.8 Å². The van der Waals surface area contributed by atoms with Crippen molar-refractivity contribution < 1.29 is 38.5 Å². The highest BCUT2D eigenvalue weighted by Crippen LogP contribution is 2.37. The highest BCUT2D eigenvalue weighted by molar-refractivity contribution is 8.02. The molecular formula is C15H21NO8S. The Balaban J connectivity index is 2.57. The monoisotopic (exact) mass is 375 g/mol. The molecule has 0 aromatic rings. The maximum Gasteiger partial charge on any atom is 0.356 e. The van der Waals surface area contributed by atoms with Crippen LogP contribution in [0.3, 0.4) is 0 Å². The zero-order chi connectivity index (χ0) is 19.0. The molecule has 0 saturated carbocycles. The standard InChI is InChI=1S/C15H21NO8S/c1-4-23-9(17)7-6-8-24-14(20)10-11(18)16(13(10)25-5-2)12(19)15(21)22-3/h5,10,12-13,19H,2,4,6-8H2,1,3H3/t10-,12?,13-/m1/s1. The van der Waals surface area contributed by atoms with Gasteiger partial charge in [-0.25, -0.2) is 4.79 Å². The summed E-state index contributed by atoms with van der Waals surface area (Å²) >= 11 is 1.000. The molecule has 1 amide bonds. The first kappa shape index (κ1) is 21.0. The Morgan fingerprint density at radius 2 is 2.08 bits per heavy atom. The van der Waals surface area contributed by atoms with Crippen molar-refractivity contribution in [2.75, 3.05) is 20.3 Å². The van der Waals surface area contributed by atoms with Gasteiger partial charge < -0.3 is 19.3 Å². The quantitative estimate of drug-likeness (QED) is 0.185. The molecule has 1 rings (SSSR count). The largest absolute Gasteiger partial charge is 0.466 e. The normalized spacial score (nSPS) is 20.3. The lowest BCUT2D eigenvalue weighted by atomic mass is 9.98. The molecule has 0 aromatic heterocycles. The van der Waals surface area contributed by atoms with Crippen molar-refractivity contribution in [1.82, 2.24) is 4.90 Å². The molecule has 1 heterocycles. The Morgan fingerprint density at radius 3 is 2.64 bits per heavy atom. The number of ether oxygens (including phenoxy) is 3. The first-order chi connectivity index (χ1) is 11.9. The first-order valence-corrected chi connectivity index (χ1v) is 8.50. The number of methoxy groups -OCH3 is 1. The fraction of sp³-hybridized carbons (Fsp3) is 0.600. The minimum atomic E-state index is -1.80. The number of nitrogens with zero attached hydrogens (tertiary/aromatic N) is 1. The number of amides is 1. The third kappa shape index (κ3) is 5.20. The van der Waals surface area contributed by atoms with E-state index in [-0.39, 0.29) is 26.1 Å². The molecule has 1 aliphatic heterocycles. The molecule has 0 spiro atoms. The van der Waals surface area contributed by atoms with Gasteiger partial charge in [-0.05, 0) is 18.8 Å². The summed E-state index contributed by atoms with van der Waals surface area (Å²) in [5, 5.41) is 10.4. The van der Waals surface area contributed by atoms with E-state index in [1.165, 1.54) is 5.41 Å². The van der Waals surface area contributed by atoms with E-state index in [1.807, 2.05) is 0 Å². The summed E-state index contributed by atoms with van der Waals surface area (Å²) in [5.41, 5.74) is 0. The molecule has 1 saturated heterocycles. The van der Waals surface area contributed by atoms with Crippen LogP contribution in [0.4, 0.5) is 0 Å². The summed E-state index contributed by atoms with van der Waals surface area (Å²) < 4.78 is 14.1. The summed E-state index contributed by atoms with van der Waals surface area (Å²) in [6.07, 6.45) is -1.44. The Labute approximate surface area is 149 Å². The molecule has 1 N–H and O–H groups in total. The van der Waals surface area contributed by atoms with Crippen molar-refractivity contribution in [3.05, 3.63) is 12.0 Å². The number of hydrogen-bond acceptors (Lipinski definition) is 9. The van der Waals surface area contributed by atoms with Gasteiger partial charge in [-0.1, -0.05) is 6.58 Å². The zero-order valence-corrected chi connectivity index (χ0v) is 14.8. The molecule has 0 aromatic carbocycles. The Bertz CT molecular complexity index is 538. The van der Waals surface area contributed by atoms with E-state index >= 15 is 0 Å². The average Bonchev–Trinajstić information content (AvgIpc) is 2.58. The lowest BCUT2D eigenvalue weighted by molar-refractivity contribution is -0.189. The third-order valence-corrected chi connectivity index (χ3v) is 4.29. The van der Waals surface area contributed by atoms with Gasteiger partial charge in [0.2, 0.25) is 12.1 Å². The van der Waals surface area contributed by atoms with Crippen LogP contribution in [0.1, 0.15) is 19.8 Å². The van der Waals surface area contributed by atoms with E-state index in [9.17, 15) is 24.3 Å². The van der Waals surface area contributed by atoms with E-state index in [0.29, 0.717) is 0 Å². The van der Waals surface area contributed by atoms with Crippen LogP contribution in [0.15, 0.2) is 12.0 Å². The summed E-state index contributed by atoms with van der Waals surface area (Å²) in [5.74, 6) is -4.10. The van der Waals surface area contributed by atoms with Crippen molar-refractivity contribution in [2.45, 2.75) is 31.4 Å². The number of hydrogen-bond donors (Lipinski definition) is 1. The van der Waals surface area contributed by atoms with E-state index in [4.69, 9.17) is 9.47 Å². The average molecular weight is 375 g/mol. The van der Waals surface area contributed by atoms with Gasteiger partial charge in [0.25, 0.3) is 0 Å². The number of rotatable bonds is 10. The predicted octanol–water partition coefficient (Wildman–Crippen LogP) is 0.0255. The van der Waals surface area contributed by atoms with E-state index < -0.39 is 41.3 Å². The highest BCUT2D eigenvalue weighted by Gasteiger charge is 2.56. The van der Waals surface area contributed by atoms with E-state index in [0.717, 1.165) is 23.8 Å². The van der Waals surface area contributed by atoms with Gasteiger partial charge in [0.15, 0.2) is 5.92 Å². The Morgan fingerprint density at radius 1 is 1.40 bits per heavy atom. The minimum Gasteiger partial charge on any atom is -0.466 e. The molecule has 25 heavy (non-hydrogen) atoms. The molecule has 1 unspecified atom stereocenters. The SMILES string of the molecule is C=CS[C@@H]1[C@H](C(=O)OCCCC(=O)OCC)C(=O)N1C(O)C(=O)OC. The summed E-state index contributed by atoms with van der Waals surface area (Å²) in [7, 11) is 1.07. The summed E-state index contributed by atoms with van der Waals surface area (Å²) in [6.45, 7) is 5.41. The maximum atomic E-state index is 12.1. The molecule has 3 atom stereocenters. The van der Waals surface area contributed by atoms with Gasteiger partial charge in [-0.15, -0.1) is 11.8 Å². The van der Waals surface area contributed by atoms with Gasteiger partial charge >= 0.3 is 17.9 Å². The van der Waals surface area contributed by atoms with Crippen LogP contribution in [0.5, 0.6) is 0 Å². The number of thioether (sulfide) groups is 1. The van der Waals surface area contributed by atoms with Crippen LogP contribution in [-0.4, -0.2) is 65.7 Å². The number of carbonyl (C=O) groups excluding carboxylic acids is 4. The van der Waals surface area contributed by atoms with Crippen molar-refractivity contribution in [3.63, 3.8) is 0 Å². The second kappa shape index (κ2) is 10.0. The van der Waals surface area contributed by atoms with Crippen molar-refractivity contribution >= 4 is 35.6 Å². The third-order valence-electron chi connectivity index (χ3n) is 3.32. The number of β-lactam (4-membered cyclic amide) rings is 1.